The molecule has 0 fully saturated rings. The first-order valence-corrected chi connectivity index (χ1v) is 23.8. The first kappa shape index (κ1) is 29.3. The van der Waals surface area contributed by atoms with Crippen LogP contribution in [0.4, 0.5) is 0 Å². The van der Waals surface area contributed by atoms with Gasteiger partial charge in [0, 0.05) is 12.2 Å². The molecule has 0 saturated carbocycles. The molecule has 3 aromatic rings. The largest absolute Gasteiger partial charge is 0.491 e. The van der Waals surface area contributed by atoms with Gasteiger partial charge in [0.25, 0.3) is 11.8 Å². The number of hydrogen-bond acceptors (Lipinski definition) is 5. The quantitative estimate of drug-likeness (QED) is 0.251. The number of carbonyl (C=O) groups is 2. The smallest absolute Gasteiger partial charge is 0.411 e. The number of carbonyl (C=O) groups excluding carboxylic acids is 2. The average molecular weight is 592 g/mol. The van der Waals surface area contributed by atoms with E-state index in [-0.39, 0.29) is 18.0 Å². The van der Waals surface area contributed by atoms with E-state index in [2.05, 4.69) is 75.7 Å². The van der Waals surface area contributed by atoms with E-state index in [0.29, 0.717) is 0 Å². The Morgan fingerprint density at radius 3 is 1.08 bits per heavy atom. The standard InChI is InChI=1S/C29H37NO5Si4/c1-36(2,25-16-10-7-11-17-25)33-39(24-30-28(31)22-23-29(30)32,34-37(3,4)26-18-12-8-13-19-26)35-38(5,6)27-20-14-9-15-21-27/h7-23H,24H2,1-6H3. The average Bonchev–Trinajstić information content (AvgIpc) is 3.21. The molecule has 0 aliphatic carbocycles. The Kier molecular flexibility index (Phi) is 8.57. The van der Waals surface area contributed by atoms with E-state index in [1.54, 1.807) is 0 Å². The van der Waals surface area contributed by atoms with Gasteiger partial charge >= 0.3 is 8.80 Å². The van der Waals surface area contributed by atoms with E-state index in [1.807, 2.05) is 54.6 Å². The molecule has 0 aromatic heterocycles. The molecule has 0 saturated heterocycles. The summed E-state index contributed by atoms with van der Waals surface area (Å²) in [7, 11) is -11.7. The maximum absolute atomic E-state index is 12.9. The van der Waals surface area contributed by atoms with Gasteiger partial charge in [-0.05, 0) is 54.8 Å². The van der Waals surface area contributed by atoms with Crippen molar-refractivity contribution in [3.63, 3.8) is 0 Å². The van der Waals surface area contributed by atoms with Crippen molar-refractivity contribution >= 4 is 61.1 Å². The molecular weight excluding hydrogens is 555 g/mol. The minimum Gasteiger partial charge on any atom is -0.411 e. The minimum absolute atomic E-state index is 0.0343. The zero-order valence-electron chi connectivity index (χ0n) is 23.5. The predicted octanol–water partition coefficient (Wildman–Crippen LogP) is 3.78. The van der Waals surface area contributed by atoms with Crippen LogP contribution in [0.15, 0.2) is 103 Å². The molecule has 2 amide bonds. The van der Waals surface area contributed by atoms with E-state index >= 15 is 0 Å². The molecule has 10 heteroatoms. The second-order valence-corrected chi connectivity index (χ2v) is 26.1. The third-order valence-electron chi connectivity index (χ3n) is 6.89. The molecule has 204 valence electrons. The van der Waals surface area contributed by atoms with E-state index in [1.165, 1.54) is 17.1 Å². The summed E-state index contributed by atoms with van der Waals surface area (Å²) in [6.07, 6.45) is 2.58. The zero-order valence-corrected chi connectivity index (χ0v) is 27.5. The molecule has 0 atom stereocenters. The first-order valence-electron chi connectivity index (χ1n) is 13.1. The Bertz CT molecular complexity index is 1180. The number of nitrogens with zero attached hydrogens (tertiary/aromatic N) is 1. The molecule has 0 bridgehead atoms. The molecule has 0 N–H and O–H groups in total. The molecule has 39 heavy (non-hydrogen) atoms. The van der Waals surface area contributed by atoms with Crippen LogP contribution in [0.3, 0.4) is 0 Å². The normalized spacial score (nSPS) is 14.8. The summed E-state index contributed by atoms with van der Waals surface area (Å²) < 4.78 is 21.6. The van der Waals surface area contributed by atoms with Gasteiger partial charge in [-0.25, -0.2) is 0 Å². The fourth-order valence-electron chi connectivity index (χ4n) is 4.80. The molecule has 0 spiro atoms. The molecule has 3 aromatic carbocycles. The van der Waals surface area contributed by atoms with Crippen molar-refractivity contribution < 1.29 is 21.9 Å². The molecular formula is C29H37NO5Si4. The summed E-state index contributed by atoms with van der Waals surface area (Å²) in [4.78, 5) is 27.0. The van der Waals surface area contributed by atoms with Crippen molar-refractivity contribution in [2.45, 2.75) is 39.3 Å². The first-order chi connectivity index (χ1) is 18.3. The van der Waals surface area contributed by atoms with Crippen LogP contribution in [-0.2, 0) is 21.9 Å². The van der Waals surface area contributed by atoms with Gasteiger partial charge < -0.3 is 12.3 Å². The number of rotatable bonds is 11. The third kappa shape index (κ3) is 6.90. The van der Waals surface area contributed by atoms with Gasteiger partial charge in [-0.1, -0.05) is 91.0 Å². The number of amides is 2. The van der Waals surface area contributed by atoms with Crippen LogP contribution in [0.2, 0.25) is 39.3 Å². The van der Waals surface area contributed by atoms with Crippen LogP contribution in [0.1, 0.15) is 0 Å². The lowest BCUT2D eigenvalue weighted by Crippen LogP contribution is -2.71. The summed E-state index contributed by atoms with van der Waals surface area (Å²) in [6, 6.07) is 30.4. The fourth-order valence-corrected chi connectivity index (χ4v) is 21.6. The van der Waals surface area contributed by atoms with Crippen LogP contribution in [0, 0.1) is 0 Å². The highest BCUT2D eigenvalue weighted by atomic mass is 28.5. The van der Waals surface area contributed by atoms with Crippen LogP contribution in [0.5, 0.6) is 0 Å². The Balaban J connectivity index is 1.86. The Labute approximate surface area is 236 Å². The Hall–Kier alpha value is -2.71. The zero-order chi connectivity index (χ0) is 28.3. The van der Waals surface area contributed by atoms with Crippen molar-refractivity contribution in [1.29, 1.82) is 0 Å². The van der Waals surface area contributed by atoms with Crippen LogP contribution >= 0.6 is 0 Å². The predicted molar refractivity (Wildman–Crippen MR) is 166 cm³/mol. The molecule has 0 radical (unpaired) electrons. The molecule has 4 rings (SSSR count). The molecule has 0 unspecified atom stereocenters. The van der Waals surface area contributed by atoms with Crippen LogP contribution in [0.25, 0.3) is 0 Å². The summed E-state index contributed by atoms with van der Waals surface area (Å²) in [5, 5.41) is 3.26. The lowest BCUT2D eigenvalue weighted by atomic mass is 10.4. The Morgan fingerprint density at radius 2 is 0.795 bits per heavy atom. The summed E-state index contributed by atoms with van der Waals surface area (Å²) >= 11 is 0. The van der Waals surface area contributed by atoms with Crippen molar-refractivity contribution in [1.82, 2.24) is 4.90 Å². The van der Waals surface area contributed by atoms with Gasteiger partial charge in [0.15, 0.2) is 0 Å². The lowest BCUT2D eigenvalue weighted by molar-refractivity contribution is -0.136. The molecule has 1 aliphatic rings. The highest BCUT2D eigenvalue weighted by Gasteiger charge is 2.56. The topological polar surface area (TPSA) is 65.1 Å². The van der Waals surface area contributed by atoms with Crippen LogP contribution in [-0.4, -0.2) is 56.6 Å². The van der Waals surface area contributed by atoms with Crippen LogP contribution < -0.4 is 15.6 Å². The van der Waals surface area contributed by atoms with Gasteiger partial charge in [-0.15, -0.1) is 0 Å². The third-order valence-corrected chi connectivity index (χ3v) is 22.6. The summed E-state index contributed by atoms with van der Waals surface area (Å²) in [5.74, 6) is -0.740. The van der Waals surface area contributed by atoms with Crippen molar-refractivity contribution in [3.8, 4) is 0 Å². The van der Waals surface area contributed by atoms with E-state index in [9.17, 15) is 9.59 Å². The van der Waals surface area contributed by atoms with Gasteiger partial charge in [-0.3, -0.25) is 14.5 Å². The van der Waals surface area contributed by atoms with E-state index in [4.69, 9.17) is 12.3 Å². The minimum atomic E-state index is -3.77. The second-order valence-electron chi connectivity index (χ2n) is 11.2. The van der Waals surface area contributed by atoms with Crippen molar-refractivity contribution in [3.05, 3.63) is 103 Å². The fraction of sp³-hybridized carbons (Fsp3) is 0.241. The highest BCUT2D eigenvalue weighted by molar-refractivity contribution is 6.99. The lowest BCUT2D eigenvalue weighted by Gasteiger charge is -2.46. The van der Waals surface area contributed by atoms with Crippen molar-refractivity contribution in [2.24, 2.45) is 0 Å². The van der Waals surface area contributed by atoms with Gasteiger partial charge in [0.2, 0.25) is 25.0 Å². The monoisotopic (exact) mass is 591 g/mol. The highest BCUT2D eigenvalue weighted by Crippen LogP contribution is 2.28. The number of benzene rings is 3. The van der Waals surface area contributed by atoms with Crippen molar-refractivity contribution in [2.75, 3.05) is 6.17 Å². The van der Waals surface area contributed by atoms with Gasteiger partial charge in [0.1, 0.15) is 0 Å². The Morgan fingerprint density at radius 1 is 0.513 bits per heavy atom. The molecule has 1 aliphatic heterocycles. The van der Waals surface area contributed by atoms with Gasteiger partial charge in [0.05, 0.1) is 6.17 Å². The van der Waals surface area contributed by atoms with E-state index in [0.717, 1.165) is 15.6 Å². The summed E-state index contributed by atoms with van der Waals surface area (Å²) in [5.41, 5.74) is 0. The second kappa shape index (κ2) is 11.4. The molecule has 1 heterocycles. The van der Waals surface area contributed by atoms with Gasteiger partial charge in [-0.2, -0.15) is 0 Å². The molecule has 6 nitrogen and oxygen atoms in total. The maximum atomic E-state index is 12.9. The maximum Gasteiger partial charge on any atom is 0.491 e. The summed E-state index contributed by atoms with van der Waals surface area (Å²) in [6.45, 7) is 12.7. The SMILES string of the molecule is C[Si](C)(O[Si](CN1C(=O)C=CC1=O)(O[Si](C)(C)c1ccccc1)O[Si](C)(C)c1ccccc1)c1ccccc1. The van der Waals surface area contributed by atoms with E-state index < -0.39 is 33.8 Å². The number of imide groups is 1. The number of hydrogen-bond donors (Lipinski definition) is 0.